The molecule has 5 N–H and O–H groups in total. The van der Waals surface area contributed by atoms with Crippen molar-refractivity contribution >= 4 is 58.5 Å². The van der Waals surface area contributed by atoms with Crippen LogP contribution in [0.15, 0.2) is 48.5 Å². The van der Waals surface area contributed by atoms with E-state index >= 15 is 0 Å². The summed E-state index contributed by atoms with van der Waals surface area (Å²) in [5.41, 5.74) is 4.92. The van der Waals surface area contributed by atoms with Crippen LogP contribution in [0.2, 0.25) is 5.02 Å². The molecule has 1 aliphatic carbocycles. The zero-order valence-electron chi connectivity index (χ0n) is 33.6. The summed E-state index contributed by atoms with van der Waals surface area (Å²) in [6.07, 6.45) is 2.93. The highest BCUT2D eigenvalue weighted by molar-refractivity contribution is 6.38. The average molecular weight is 823 g/mol. The first kappa shape index (κ1) is 45.7. The quantitative estimate of drug-likeness (QED) is 0.137. The number of Topliss-reactive ketones (excluding diaryl/α,β-unsaturated/α-hetero) is 3. The number of nitrogens with one attached hydrogen (secondary N) is 2. The fourth-order valence-corrected chi connectivity index (χ4v) is 8.11. The summed E-state index contributed by atoms with van der Waals surface area (Å²) in [7, 11) is 0. The number of ketones is 3. The Bertz CT molecular complexity index is 1870. The third-order valence-electron chi connectivity index (χ3n) is 10.6. The predicted molar refractivity (Wildman–Crippen MR) is 215 cm³/mol. The van der Waals surface area contributed by atoms with Crippen LogP contribution in [0, 0.1) is 11.8 Å². The third kappa shape index (κ3) is 12.5. The molecule has 2 aromatic rings. The lowest BCUT2D eigenvalue weighted by atomic mass is 9.82. The number of carbonyl (C=O) groups is 8. The van der Waals surface area contributed by atoms with Gasteiger partial charge in [0.25, 0.3) is 5.91 Å². The molecule has 1 aliphatic heterocycles. The van der Waals surface area contributed by atoms with Crippen molar-refractivity contribution in [3.05, 3.63) is 70.2 Å². The number of carboxylic acid groups (broad SMARTS) is 1. The molecule has 58 heavy (non-hydrogen) atoms. The van der Waals surface area contributed by atoms with Gasteiger partial charge in [-0.25, -0.2) is 4.79 Å². The first-order valence-corrected chi connectivity index (χ1v) is 20.3. The van der Waals surface area contributed by atoms with Gasteiger partial charge in [0.1, 0.15) is 12.1 Å². The van der Waals surface area contributed by atoms with Crippen molar-refractivity contribution in [2.24, 2.45) is 17.6 Å². The first-order chi connectivity index (χ1) is 27.4. The molecule has 2 fully saturated rings. The summed E-state index contributed by atoms with van der Waals surface area (Å²) in [4.78, 5) is 108. The van der Waals surface area contributed by atoms with Gasteiger partial charge in [-0.15, -0.1) is 0 Å². The van der Waals surface area contributed by atoms with E-state index in [-0.39, 0.29) is 42.9 Å². The van der Waals surface area contributed by atoms with Crippen molar-refractivity contribution in [1.82, 2.24) is 15.5 Å². The molecule has 0 spiro atoms. The molecule has 0 radical (unpaired) electrons. The number of benzene rings is 2. The van der Waals surface area contributed by atoms with Gasteiger partial charge in [-0.2, -0.15) is 0 Å². The van der Waals surface area contributed by atoms with Crippen LogP contribution in [0.4, 0.5) is 0 Å². The van der Waals surface area contributed by atoms with Crippen molar-refractivity contribution < 1.29 is 48.2 Å². The average Bonchev–Trinajstić information content (AvgIpc) is 3.59. The number of halogens is 1. The van der Waals surface area contributed by atoms with Crippen molar-refractivity contribution in [2.45, 2.75) is 128 Å². The van der Waals surface area contributed by atoms with E-state index in [1.807, 2.05) is 20.8 Å². The van der Waals surface area contributed by atoms with Crippen LogP contribution in [0.5, 0.6) is 0 Å². The van der Waals surface area contributed by atoms with Crippen molar-refractivity contribution in [3.8, 4) is 0 Å². The lowest BCUT2D eigenvalue weighted by Gasteiger charge is -2.35. The lowest BCUT2D eigenvalue weighted by molar-refractivity contribution is -0.143. The number of carbonyl (C=O) groups excluding carboxylic acids is 7. The number of ether oxygens (including phenoxy) is 1. The second kappa shape index (κ2) is 20.6. The maximum Gasteiger partial charge on any atom is 0.336 e. The fourth-order valence-electron chi connectivity index (χ4n) is 7.91. The van der Waals surface area contributed by atoms with Gasteiger partial charge >= 0.3 is 5.97 Å². The Labute approximate surface area is 343 Å². The van der Waals surface area contributed by atoms with Crippen LogP contribution in [0.25, 0.3) is 0 Å². The number of likely N-dealkylation sites (tertiary alicyclic amines) is 1. The van der Waals surface area contributed by atoms with Crippen molar-refractivity contribution in [3.63, 3.8) is 0 Å². The highest BCUT2D eigenvalue weighted by Crippen LogP contribution is 2.33. The molecular weight excluding hydrogens is 768 g/mol. The third-order valence-corrected chi connectivity index (χ3v) is 10.8. The van der Waals surface area contributed by atoms with E-state index in [0.29, 0.717) is 29.8 Å². The summed E-state index contributed by atoms with van der Waals surface area (Å²) in [5.74, 6) is -7.44. The molecule has 5 atom stereocenters. The number of aromatic carboxylic acids is 1. The predicted octanol–water partition coefficient (Wildman–Crippen LogP) is 5.14. The number of hydrogen-bond donors (Lipinski definition) is 4. The molecule has 0 bridgehead atoms. The minimum Gasteiger partial charge on any atom is -0.478 e. The lowest BCUT2D eigenvalue weighted by Crippen LogP contribution is -2.55. The van der Waals surface area contributed by atoms with Gasteiger partial charge < -0.3 is 31.1 Å². The molecule has 14 nitrogen and oxygen atoms in total. The number of amides is 4. The number of nitrogens with zero attached hydrogens (tertiary/aromatic N) is 1. The number of hydrogen-bond acceptors (Lipinski definition) is 9. The van der Waals surface area contributed by atoms with Crippen LogP contribution in [-0.2, 0) is 33.5 Å². The number of nitrogens with two attached hydrogens (primary N) is 1. The van der Waals surface area contributed by atoms with E-state index in [9.17, 15) is 43.5 Å². The Morgan fingerprint density at radius 1 is 0.931 bits per heavy atom. The molecule has 1 saturated heterocycles. The van der Waals surface area contributed by atoms with Crippen molar-refractivity contribution in [2.75, 3.05) is 6.54 Å². The molecule has 2 unspecified atom stereocenters. The molecule has 1 heterocycles. The molecule has 15 heteroatoms. The Balaban J connectivity index is 1.52. The normalized spacial score (nSPS) is 18.7. The molecular formula is C43H55ClN4O10. The number of primary amides is 1. The molecule has 2 aliphatic rings. The SMILES string of the molecule is CCCC(CC(=O)[C@@H]1C[C@@H](OC(C)(C)C)CN1C(=O)[C@@H](NC(=O)c1ccccc1C(=O)O)C1CCCCC1)C(=O)C(=O)CCC(=O)NC(C(N)=O)c1cccc(Cl)c1. The summed E-state index contributed by atoms with van der Waals surface area (Å²) in [5, 5.41) is 15.4. The number of rotatable bonds is 19. The van der Waals surface area contributed by atoms with Gasteiger partial charge in [0.15, 0.2) is 11.6 Å². The molecule has 314 valence electrons. The van der Waals surface area contributed by atoms with Crippen molar-refractivity contribution in [1.29, 1.82) is 0 Å². The van der Waals surface area contributed by atoms with Crippen LogP contribution in [0.1, 0.15) is 131 Å². The summed E-state index contributed by atoms with van der Waals surface area (Å²) in [6.45, 7) is 7.41. The monoisotopic (exact) mass is 822 g/mol. The van der Waals surface area contributed by atoms with Gasteiger partial charge in [0.2, 0.25) is 23.5 Å². The maximum atomic E-state index is 14.7. The largest absolute Gasteiger partial charge is 0.478 e. The van der Waals surface area contributed by atoms with E-state index in [2.05, 4.69) is 10.6 Å². The second-order valence-electron chi connectivity index (χ2n) is 16.2. The molecule has 4 rings (SSSR count). The van der Waals surface area contributed by atoms with Gasteiger partial charge in [0.05, 0.1) is 28.9 Å². The van der Waals surface area contributed by atoms with E-state index < -0.39 is 95.5 Å². The Hall–Kier alpha value is -4.95. The smallest absolute Gasteiger partial charge is 0.336 e. The summed E-state index contributed by atoms with van der Waals surface area (Å²) < 4.78 is 6.25. The highest BCUT2D eigenvalue weighted by Gasteiger charge is 2.46. The molecule has 0 aromatic heterocycles. The fraction of sp³-hybridized carbons (Fsp3) is 0.535. The molecule has 4 amide bonds. The first-order valence-electron chi connectivity index (χ1n) is 20.0. The zero-order chi connectivity index (χ0) is 42.7. The highest BCUT2D eigenvalue weighted by atomic mass is 35.5. The van der Waals surface area contributed by atoms with E-state index in [4.69, 9.17) is 22.1 Å². The van der Waals surface area contributed by atoms with Crippen LogP contribution >= 0.6 is 11.6 Å². The minimum atomic E-state index is -1.29. The van der Waals surface area contributed by atoms with Crippen LogP contribution < -0.4 is 16.4 Å². The van der Waals surface area contributed by atoms with E-state index in [1.165, 1.54) is 35.2 Å². The summed E-state index contributed by atoms with van der Waals surface area (Å²) in [6, 6.07) is 8.66. The molecule has 1 saturated carbocycles. The maximum absolute atomic E-state index is 14.7. The Kier molecular flexibility index (Phi) is 16.3. The van der Waals surface area contributed by atoms with E-state index in [0.717, 1.165) is 19.3 Å². The van der Waals surface area contributed by atoms with Gasteiger partial charge in [-0.1, -0.05) is 68.5 Å². The van der Waals surface area contributed by atoms with E-state index in [1.54, 1.807) is 25.1 Å². The van der Waals surface area contributed by atoms with Gasteiger partial charge in [-0.05, 0) is 75.8 Å². The number of carboxylic acids is 1. The van der Waals surface area contributed by atoms with Crippen LogP contribution in [0.3, 0.4) is 0 Å². The zero-order valence-corrected chi connectivity index (χ0v) is 34.3. The Morgan fingerprint density at radius 2 is 1.60 bits per heavy atom. The van der Waals surface area contributed by atoms with Crippen LogP contribution in [-0.4, -0.2) is 87.3 Å². The topological polar surface area (TPSA) is 219 Å². The van der Waals surface area contributed by atoms with Gasteiger partial charge in [-0.3, -0.25) is 33.6 Å². The molecule has 2 aromatic carbocycles. The second-order valence-corrected chi connectivity index (χ2v) is 16.6. The standard InChI is InChI=1S/C43H55ClN4O10/c1-5-12-27(38(52)33(49)19-20-35(51)46-36(39(45)53)26-15-11-16-28(44)21-26)22-34(50)32-23-29(58-43(2,3)4)24-48(32)41(55)37(25-13-7-6-8-14-25)47-40(54)30-17-9-10-18-31(30)42(56)57/h9-11,15-18,21,25,27,29,32,36-37H,5-8,12-14,19-20,22-24H2,1-4H3,(H2,45,53)(H,46,51)(H,47,54)(H,56,57)/t27?,29-,32+,36?,37+/m1/s1. The Morgan fingerprint density at radius 3 is 2.21 bits per heavy atom. The summed E-state index contributed by atoms with van der Waals surface area (Å²) >= 11 is 6.03. The van der Waals surface area contributed by atoms with Gasteiger partial charge in [0, 0.05) is 43.2 Å². The minimum absolute atomic E-state index is 0.0409.